The fourth-order valence-electron chi connectivity index (χ4n) is 4.45. The molecule has 0 spiro atoms. The first-order valence-corrected chi connectivity index (χ1v) is 10.9. The number of amides is 2. The van der Waals surface area contributed by atoms with Gasteiger partial charge in [0.2, 0.25) is 5.91 Å². The Morgan fingerprint density at radius 2 is 1.85 bits per heavy atom. The predicted octanol–water partition coefficient (Wildman–Crippen LogP) is 4.43. The maximum Gasteiger partial charge on any atom is 0.270 e. The summed E-state index contributed by atoms with van der Waals surface area (Å²) in [6.45, 7) is 2.80. The van der Waals surface area contributed by atoms with Gasteiger partial charge in [0.25, 0.3) is 11.6 Å². The SMILES string of the molecule is CC(=O)N1CCc2ccc(N/C(=C3\C(=O)Nc4ccc([N+](=O)[O-])cc43)c3ccccc3)cc2C1. The summed E-state index contributed by atoms with van der Waals surface area (Å²) in [7, 11) is 0. The quantitative estimate of drug-likeness (QED) is 0.345. The van der Waals surface area contributed by atoms with E-state index in [4.69, 9.17) is 0 Å². The molecule has 0 aliphatic carbocycles. The molecule has 0 aromatic heterocycles. The van der Waals surface area contributed by atoms with Gasteiger partial charge in [0.05, 0.1) is 16.2 Å². The molecule has 2 heterocycles. The van der Waals surface area contributed by atoms with Crippen molar-refractivity contribution >= 4 is 40.1 Å². The Kier molecular flexibility index (Phi) is 5.33. The van der Waals surface area contributed by atoms with Crippen LogP contribution in [0.3, 0.4) is 0 Å². The second-order valence-electron chi connectivity index (χ2n) is 8.36. The molecule has 0 fully saturated rings. The van der Waals surface area contributed by atoms with E-state index in [9.17, 15) is 19.7 Å². The van der Waals surface area contributed by atoms with E-state index in [1.54, 1.807) is 13.0 Å². The molecular weight excluding hydrogens is 432 g/mol. The van der Waals surface area contributed by atoms with Crippen molar-refractivity contribution in [3.8, 4) is 0 Å². The molecule has 2 amide bonds. The van der Waals surface area contributed by atoms with Gasteiger partial charge in [-0.05, 0) is 41.3 Å². The van der Waals surface area contributed by atoms with Crippen LogP contribution in [0.2, 0.25) is 0 Å². The summed E-state index contributed by atoms with van der Waals surface area (Å²) in [5.74, 6) is -0.292. The van der Waals surface area contributed by atoms with Crippen LogP contribution in [0.1, 0.15) is 29.2 Å². The van der Waals surface area contributed by atoms with Crippen LogP contribution in [-0.4, -0.2) is 28.2 Å². The summed E-state index contributed by atoms with van der Waals surface area (Å²) in [6, 6.07) is 19.7. The highest BCUT2D eigenvalue weighted by Crippen LogP contribution is 2.39. The zero-order valence-corrected chi connectivity index (χ0v) is 18.5. The van der Waals surface area contributed by atoms with E-state index in [2.05, 4.69) is 10.6 Å². The van der Waals surface area contributed by atoms with E-state index in [1.807, 2.05) is 53.4 Å². The fraction of sp³-hybridized carbons (Fsp3) is 0.154. The Hall–Kier alpha value is -4.46. The summed E-state index contributed by atoms with van der Waals surface area (Å²) in [4.78, 5) is 37.6. The Bertz CT molecular complexity index is 1360. The number of fused-ring (bicyclic) bond motifs is 2. The molecule has 0 saturated carbocycles. The van der Waals surface area contributed by atoms with E-state index in [-0.39, 0.29) is 17.5 Å². The Morgan fingerprint density at radius 3 is 2.59 bits per heavy atom. The average Bonchev–Trinajstić information content (AvgIpc) is 3.17. The van der Waals surface area contributed by atoms with Crippen molar-refractivity contribution in [1.82, 2.24) is 4.90 Å². The van der Waals surface area contributed by atoms with E-state index in [0.717, 1.165) is 23.2 Å². The topological polar surface area (TPSA) is 105 Å². The lowest BCUT2D eigenvalue weighted by Crippen LogP contribution is -2.34. The van der Waals surface area contributed by atoms with Gasteiger partial charge in [0.15, 0.2) is 0 Å². The van der Waals surface area contributed by atoms with E-state index < -0.39 is 4.92 Å². The van der Waals surface area contributed by atoms with Gasteiger partial charge in [0, 0.05) is 49.1 Å². The van der Waals surface area contributed by atoms with Gasteiger partial charge in [-0.1, -0.05) is 36.4 Å². The van der Waals surface area contributed by atoms with Crippen LogP contribution in [0, 0.1) is 10.1 Å². The molecular formula is C26H22N4O4. The maximum atomic E-state index is 13.0. The average molecular weight is 454 g/mol. The second kappa shape index (κ2) is 8.47. The minimum atomic E-state index is -0.472. The Balaban J connectivity index is 1.62. The molecule has 5 rings (SSSR count). The molecule has 0 bridgehead atoms. The molecule has 2 aliphatic heterocycles. The standard InChI is InChI=1S/C26H22N4O4/c1-16(31)29-12-11-17-7-8-20(13-19(17)15-29)27-25(18-5-3-2-4-6-18)24-22-14-21(30(33)34)9-10-23(22)28-26(24)32/h2-10,13-14,27H,11-12,15H2,1H3,(H,28,32)/b25-24-. The number of anilines is 2. The number of benzene rings is 3. The van der Waals surface area contributed by atoms with Gasteiger partial charge >= 0.3 is 0 Å². The van der Waals surface area contributed by atoms with Crippen LogP contribution in [0.15, 0.2) is 66.7 Å². The maximum absolute atomic E-state index is 13.0. The van der Waals surface area contributed by atoms with Gasteiger partial charge < -0.3 is 15.5 Å². The highest BCUT2D eigenvalue weighted by Gasteiger charge is 2.30. The first kappa shape index (κ1) is 21.4. The number of hydrogen-bond donors (Lipinski definition) is 2. The molecule has 8 nitrogen and oxygen atoms in total. The zero-order chi connectivity index (χ0) is 23.8. The summed E-state index contributed by atoms with van der Waals surface area (Å²) >= 11 is 0. The van der Waals surface area contributed by atoms with Crippen molar-refractivity contribution in [2.75, 3.05) is 17.2 Å². The van der Waals surface area contributed by atoms with Crippen LogP contribution in [0.25, 0.3) is 11.3 Å². The second-order valence-corrected chi connectivity index (χ2v) is 8.36. The molecule has 34 heavy (non-hydrogen) atoms. The molecule has 8 heteroatoms. The third kappa shape index (κ3) is 3.90. The molecule has 3 aromatic carbocycles. The number of hydrogen-bond acceptors (Lipinski definition) is 5. The third-order valence-electron chi connectivity index (χ3n) is 6.20. The van der Waals surface area contributed by atoms with E-state index in [1.165, 1.54) is 17.7 Å². The van der Waals surface area contributed by atoms with Gasteiger partial charge in [-0.3, -0.25) is 19.7 Å². The molecule has 2 N–H and O–H groups in total. The van der Waals surface area contributed by atoms with E-state index >= 15 is 0 Å². The highest BCUT2D eigenvalue weighted by molar-refractivity contribution is 6.37. The summed E-state index contributed by atoms with van der Waals surface area (Å²) < 4.78 is 0. The summed E-state index contributed by atoms with van der Waals surface area (Å²) in [5.41, 5.74) is 5.60. The molecule has 3 aromatic rings. The number of carbonyl (C=O) groups excluding carboxylic acids is 2. The zero-order valence-electron chi connectivity index (χ0n) is 18.5. The number of carbonyl (C=O) groups is 2. The number of non-ortho nitro benzene ring substituents is 1. The number of nitrogens with one attached hydrogen (secondary N) is 2. The van der Waals surface area contributed by atoms with Crippen molar-refractivity contribution in [1.29, 1.82) is 0 Å². The Morgan fingerprint density at radius 1 is 1.06 bits per heavy atom. The smallest absolute Gasteiger partial charge is 0.270 e. The monoisotopic (exact) mass is 454 g/mol. The summed E-state index contributed by atoms with van der Waals surface area (Å²) in [6.07, 6.45) is 0.793. The van der Waals surface area contributed by atoms with Crippen LogP contribution in [0.5, 0.6) is 0 Å². The molecule has 0 atom stereocenters. The number of nitro groups is 1. The molecule has 0 unspecified atom stereocenters. The van der Waals surface area contributed by atoms with Crippen LogP contribution in [0.4, 0.5) is 17.1 Å². The van der Waals surface area contributed by atoms with Crippen molar-refractivity contribution in [3.05, 3.63) is 99.1 Å². The highest BCUT2D eigenvalue weighted by atomic mass is 16.6. The molecule has 170 valence electrons. The first-order valence-electron chi connectivity index (χ1n) is 10.9. The van der Waals surface area contributed by atoms with Crippen LogP contribution < -0.4 is 10.6 Å². The lowest BCUT2D eigenvalue weighted by molar-refractivity contribution is -0.384. The summed E-state index contributed by atoms with van der Waals surface area (Å²) in [5, 5.41) is 17.6. The normalized spacial score (nSPS) is 15.8. The number of nitro benzene ring substituents is 1. The molecule has 0 radical (unpaired) electrons. The largest absolute Gasteiger partial charge is 0.354 e. The van der Waals surface area contributed by atoms with Gasteiger partial charge in [-0.2, -0.15) is 0 Å². The lowest BCUT2D eigenvalue weighted by atomic mass is 9.97. The number of nitrogens with zero attached hydrogens (tertiary/aromatic N) is 2. The fourth-order valence-corrected chi connectivity index (χ4v) is 4.45. The third-order valence-corrected chi connectivity index (χ3v) is 6.20. The molecule has 0 saturated heterocycles. The van der Waals surface area contributed by atoms with Gasteiger partial charge in [-0.25, -0.2) is 0 Å². The van der Waals surface area contributed by atoms with E-state index in [0.29, 0.717) is 35.6 Å². The van der Waals surface area contributed by atoms with Crippen LogP contribution in [-0.2, 0) is 22.6 Å². The van der Waals surface area contributed by atoms with Crippen molar-refractivity contribution in [2.24, 2.45) is 0 Å². The predicted molar refractivity (Wildman–Crippen MR) is 130 cm³/mol. The van der Waals surface area contributed by atoms with Gasteiger partial charge in [-0.15, -0.1) is 0 Å². The minimum absolute atomic E-state index is 0.0388. The van der Waals surface area contributed by atoms with Crippen molar-refractivity contribution < 1.29 is 14.5 Å². The van der Waals surface area contributed by atoms with Gasteiger partial charge in [0.1, 0.15) is 0 Å². The minimum Gasteiger partial charge on any atom is -0.354 e. The molecule has 2 aliphatic rings. The first-order chi connectivity index (χ1) is 16.4. The van der Waals surface area contributed by atoms with Crippen molar-refractivity contribution in [3.63, 3.8) is 0 Å². The van der Waals surface area contributed by atoms with Crippen LogP contribution >= 0.6 is 0 Å². The lowest BCUT2D eigenvalue weighted by Gasteiger charge is -2.28. The van der Waals surface area contributed by atoms with Crippen molar-refractivity contribution in [2.45, 2.75) is 19.9 Å². The Labute approximate surface area is 196 Å². The number of rotatable bonds is 4.